The fourth-order valence-electron chi connectivity index (χ4n) is 3.01. The molecule has 2 atom stereocenters. The number of nitrogens with zero attached hydrogens (tertiary/aromatic N) is 1. The zero-order chi connectivity index (χ0) is 14.1. The number of carbonyl (C=O) groups excluding carboxylic acids is 1. The van der Waals surface area contributed by atoms with Crippen LogP contribution in [0.4, 0.5) is 10.5 Å². The highest BCUT2D eigenvalue weighted by Crippen LogP contribution is 2.27. The van der Waals surface area contributed by atoms with Crippen molar-refractivity contribution >= 4 is 34.9 Å². The maximum atomic E-state index is 12.3. The lowest BCUT2D eigenvalue weighted by Crippen LogP contribution is -2.48. The van der Waals surface area contributed by atoms with Gasteiger partial charge >= 0.3 is 6.03 Å². The fourth-order valence-corrected chi connectivity index (χ4v) is 3.31. The molecular formula is C14H17Cl2N3O. The second-order valence-electron chi connectivity index (χ2n) is 5.40. The number of hydrogen-bond acceptors (Lipinski definition) is 2. The van der Waals surface area contributed by atoms with Crippen molar-refractivity contribution in [3.63, 3.8) is 0 Å². The van der Waals surface area contributed by atoms with Crippen LogP contribution in [0.1, 0.15) is 12.8 Å². The van der Waals surface area contributed by atoms with Crippen molar-refractivity contribution in [1.29, 1.82) is 0 Å². The van der Waals surface area contributed by atoms with Gasteiger partial charge in [-0.15, -0.1) is 0 Å². The topological polar surface area (TPSA) is 44.4 Å². The van der Waals surface area contributed by atoms with Gasteiger partial charge in [0.1, 0.15) is 0 Å². The minimum atomic E-state index is -0.0614. The Morgan fingerprint density at radius 3 is 2.95 bits per heavy atom. The van der Waals surface area contributed by atoms with Gasteiger partial charge in [-0.25, -0.2) is 4.79 Å². The summed E-state index contributed by atoms with van der Waals surface area (Å²) in [5.74, 6) is 0.586. The number of carbonyl (C=O) groups is 1. The highest BCUT2D eigenvalue weighted by Gasteiger charge is 2.34. The van der Waals surface area contributed by atoms with Crippen molar-refractivity contribution < 1.29 is 4.79 Å². The van der Waals surface area contributed by atoms with Gasteiger partial charge in [-0.1, -0.05) is 23.2 Å². The number of fused-ring (bicyclic) bond motifs is 1. The van der Waals surface area contributed by atoms with E-state index in [0.29, 0.717) is 27.7 Å². The van der Waals surface area contributed by atoms with E-state index in [1.165, 1.54) is 0 Å². The first-order chi connectivity index (χ1) is 9.63. The molecule has 2 aliphatic heterocycles. The van der Waals surface area contributed by atoms with Crippen LogP contribution in [-0.2, 0) is 0 Å². The van der Waals surface area contributed by atoms with Crippen LogP contribution in [0.15, 0.2) is 18.2 Å². The highest BCUT2D eigenvalue weighted by molar-refractivity contribution is 6.42. The Balaban J connectivity index is 1.62. The molecule has 2 saturated heterocycles. The number of benzene rings is 1. The van der Waals surface area contributed by atoms with E-state index < -0.39 is 0 Å². The standard InChI is InChI=1S/C14H17Cl2N3O/c15-11-2-1-10(7-12(11)16)18-14(20)19-6-4-13-9(8-19)3-5-17-13/h1-2,7,9,13,17H,3-6,8H2,(H,18,20). The number of rotatable bonds is 1. The second kappa shape index (κ2) is 5.80. The van der Waals surface area contributed by atoms with Crippen LogP contribution in [0.3, 0.4) is 0 Å². The molecule has 0 spiro atoms. The summed E-state index contributed by atoms with van der Waals surface area (Å²) in [4.78, 5) is 14.2. The van der Waals surface area contributed by atoms with Crippen molar-refractivity contribution in [3.05, 3.63) is 28.2 Å². The molecule has 2 fully saturated rings. The molecular weight excluding hydrogens is 297 g/mol. The number of piperidine rings is 1. The third-order valence-corrected chi connectivity index (χ3v) is 4.85. The van der Waals surface area contributed by atoms with Gasteiger partial charge in [0.15, 0.2) is 0 Å². The number of urea groups is 1. The Morgan fingerprint density at radius 2 is 2.15 bits per heavy atom. The van der Waals surface area contributed by atoms with E-state index in [0.717, 1.165) is 32.5 Å². The number of hydrogen-bond donors (Lipinski definition) is 2. The van der Waals surface area contributed by atoms with Crippen molar-refractivity contribution in [2.45, 2.75) is 18.9 Å². The Morgan fingerprint density at radius 1 is 1.30 bits per heavy atom. The van der Waals surface area contributed by atoms with Gasteiger partial charge in [0, 0.05) is 24.8 Å². The summed E-state index contributed by atoms with van der Waals surface area (Å²) in [6.45, 7) is 2.68. The first-order valence-corrected chi connectivity index (χ1v) is 7.63. The molecule has 20 heavy (non-hydrogen) atoms. The average Bonchev–Trinajstić information content (AvgIpc) is 2.90. The Hall–Kier alpha value is -0.970. The van der Waals surface area contributed by atoms with Crippen molar-refractivity contribution in [3.8, 4) is 0 Å². The van der Waals surface area contributed by atoms with Gasteiger partial charge in [0.2, 0.25) is 0 Å². The minimum Gasteiger partial charge on any atom is -0.324 e. The summed E-state index contributed by atoms with van der Waals surface area (Å²) in [6, 6.07) is 5.65. The molecule has 2 N–H and O–H groups in total. The van der Waals surface area contributed by atoms with Crippen molar-refractivity contribution in [2.24, 2.45) is 5.92 Å². The van der Waals surface area contributed by atoms with Crippen molar-refractivity contribution in [2.75, 3.05) is 25.0 Å². The van der Waals surface area contributed by atoms with E-state index in [1.54, 1.807) is 18.2 Å². The summed E-state index contributed by atoms with van der Waals surface area (Å²) in [6.07, 6.45) is 2.18. The predicted octanol–water partition coefficient (Wildman–Crippen LogP) is 3.21. The third kappa shape index (κ3) is 2.87. The van der Waals surface area contributed by atoms with E-state index in [4.69, 9.17) is 23.2 Å². The first-order valence-electron chi connectivity index (χ1n) is 6.88. The van der Waals surface area contributed by atoms with Gasteiger partial charge in [-0.05, 0) is 43.5 Å². The normalized spacial score (nSPS) is 25.4. The van der Waals surface area contributed by atoms with Crippen LogP contribution >= 0.6 is 23.2 Å². The van der Waals surface area contributed by atoms with E-state index in [1.807, 2.05) is 4.90 Å². The van der Waals surface area contributed by atoms with Gasteiger partial charge in [-0.3, -0.25) is 0 Å². The Kier molecular flexibility index (Phi) is 4.06. The summed E-state index contributed by atoms with van der Waals surface area (Å²) in [5.41, 5.74) is 0.677. The van der Waals surface area contributed by atoms with Crippen LogP contribution in [0.25, 0.3) is 0 Å². The number of halogens is 2. The zero-order valence-electron chi connectivity index (χ0n) is 11.0. The van der Waals surface area contributed by atoms with Crippen LogP contribution in [0, 0.1) is 5.92 Å². The molecule has 4 nitrogen and oxygen atoms in total. The predicted molar refractivity (Wildman–Crippen MR) is 81.6 cm³/mol. The number of amides is 2. The van der Waals surface area contributed by atoms with E-state index in [2.05, 4.69) is 10.6 Å². The lowest BCUT2D eigenvalue weighted by atomic mass is 9.94. The monoisotopic (exact) mass is 313 g/mol. The second-order valence-corrected chi connectivity index (χ2v) is 6.22. The van der Waals surface area contributed by atoms with Gasteiger partial charge in [0.05, 0.1) is 10.0 Å². The third-order valence-electron chi connectivity index (χ3n) is 4.11. The van der Waals surface area contributed by atoms with Crippen molar-refractivity contribution in [1.82, 2.24) is 10.2 Å². The molecule has 2 unspecified atom stereocenters. The quantitative estimate of drug-likeness (QED) is 0.836. The van der Waals surface area contributed by atoms with Gasteiger partial charge in [0.25, 0.3) is 0 Å². The highest BCUT2D eigenvalue weighted by atomic mass is 35.5. The molecule has 2 aliphatic rings. The van der Waals surface area contributed by atoms with Crippen LogP contribution in [0.2, 0.25) is 10.0 Å². The van der Waals surface area contributed by atoms with Crippen LogP contribution in [0.5, 0.6) is 0 Å². The molecule has 0 aliphatic carbocycles. The lowest BCUT2D eigenvalue weighted by Gasteiger charge is -2.34. The number of anilines is 1. The molecule has 1 aromatic rings. The fraction of sp³-hybridized carbons (Fsp3) is 0.500. The Labute approximate surface area is 128 Å². The molecule has 3 rings (SSSR count). The molecule has 0 saturated carbocycles. The maximum absolute atomic E-state index is 12.3. The summed E-state index contributed by atoms with van der Waals surface area (Å²) >= 11 is 11.8. The lowest BCUT2D eigenvalue weighted by molar-refractivity contribution is 0.170. The molecule has 0 radical (unpaired) electrons. The minimum absolute atomic E-state index is 0.0614. The molecule has 2 heterocycles. The SMILES string of the molecule is O=C(Nc1ccc(Cl)c(Cl)c1)N1CCC2NCCC2C1. The van der Waals surface area contributed by atoms with E-state index in [-0.39, 0.29) is 6.03 Å². The summed E-state index contributed by atoms with van der Waals surface area (Å²) in [5, 5.41) is 7.31. The number of nitrogens with one attached hydrogen (secondary N) is 2. The van der Waals surface area contributed by atoms with Crippen LogP contribution < -0.4 is 10.6 Å². The molecule has 6 heteroatoms. The Bertz CT molecular complexity index is 523. The van der Waals surface area contributed by atoms with Gasteiger partial charge < -0.3 is 15.5 Å². The smallest absolute Gasteiger partial charge is 0.321 e. The zero-order valence-corrected chi connectivity index (χ0v) is 12.5. The summed E-state index contributed by atoms with van der Waals surface area (Å²) < 4.78 is 0. The van der Waals surface area contributed by atoms with Gasteiger partial charge in [-0.2, -0.15) is 0 Å². The number of likely N-dealkylation sites (tertiary alicyclic amines) is 1. The average molecular weight is 314 g/mol. The maximum Gasteiger partial charge on any atom is 0.321 e. The molecule has 2 amide bonds. The largest absolute Gasteiger partial charge is 0.324 e. The van der Waals surface area contributed by atoms with E-state index in [9.17, 15) is 4.79 Å². The molecule has 0 aromatic heterocycles. The van der Waals surface area contributed by atoms with E-state index >= 15 is 0 Å². The molecule has 108 valence electrons. The first kappa shape index (κ1) is 14.0. The molecule has 0 bridgehead atoms. The summed E-state index contributed by atoms with van der Waals surface area (Å²) in [7, 11) is 0. The molecule has 1 aromatic carbocycles. The van der Waals surface area contributed by atoms with Crippen LogP contribution in [-0.4, -0.2) is 36.6 Å².